The van der Waals surface area contributed by atoms with Crippen LogP contribution in [0.3, 0.4) is 0 Å². The van der Waals surface area contributed by atoms with E-state index in [-0.39, 0.29) is 22.4 Å². The molecule has 2 aromatic rings. The van der Waals surface area contributed by atoms with Crippen LogP contribution in [0, 0.1) is 5.92 Å². The molecule has 2 aromatic carbocycles. The van der Waals surface area contributed by atoms with Gasteiger partial charge in [-0.2, -0.15) is 4.31 Å². The number of ether oxygens (including phenoxy) is 1. The average Bonchev–Trinajstić information content (AvgIpc) is 2.76. The number of nitrogens with zero attached hydrogens (tertiary/aromatic N) is 1. The molecule has 30 heavy (non-hydrogen) atoms. The highest BCUT2D eigenvalue weighted by atomic mass is 35.5. The molecule has 1 fully saturated rings. The van der Waals surface area contributed by atoms with E-state index in [1.807, 2.05) is 24.3 Å². The van der Waals surface area contributed by atoms with Gasteiger partial charge in [0.15, 0.2) is 0 Å². The molecule has 1 amide bonds. The average molecular weight is 471 g/mol. The number of rotatable bonds is 7. The lowest BCUT2D eigenvalue weighted by atomic mass is 9.99. The van der Waals surface area contributed by atoms with E-state index in [0.717, 1.165) is 11.3 Å². The van der Waals surface area contributed by atoms with Gasteiger partial charge >= 0.3 is 0 Å². The van der Waals surface area contributed by atoms with Crippen molar-refractivity contribution in [3.05, 3.63) is 58.1 Å². The Hall–Kier alpha value is -1.80. The maximum absolute atomic E-state index is 13.0. The molecule has 0 aliphatic carbocycles. The molecule has 1 heterocycles. The fourth-order valence-corrected chi connectivity index (χ4v) is 5.72. The summed E-state index contributed by atoms with van der Waals surface area (Å²) in [5.74, 6) is 0.244. The quantitative estimate of drug-likeness (QED) is 0.668. The molecular weight excluding hydrogens is 447 g/mol. The number of piperidine rings is 1. The van der Waals surface area contributed by atoms with E-state index < -0.39 is 15.9 Å². The van der Waals surface area contributed by atoms with E-state index in [4.69, 9.17) is 27.9 Å². The molecule has 0 saturated carbocycles. The third-order valence-corrected chi connectivity index (χ3v) is 7.72. The summed E-state index contributed by atoms with van der Waals surface area (Å²) in [5.41, 5.74) is 1.08. The Morgan fingerprint density at radius 3 is 2.63 bits per heavy atom. The van der Waals surface area contributed by atoms with Crippen LogP contribution in [0.1, 0.15) is 18.4 Å². The highest BCUT2D eigenvalue weighted by Gasteiger charge is 2.34. The number of carbonyl (C=O) groups is 1. The van der Waals surface area contributed by atoms with Crippen LogP contribution >= 0.6 is 23.2 Å². The predicted molar refractivity (Wildman–Crippen MR) is 118 cm³/mol. The third-order valence-electron chi connectivity index (χ3n) is 5.14. The number of methoxy groups -OCH3 is 1. The minimum absolute atomic E-state index is 0.0303. The largest absolute Gasteiger partial charge is 0.497 e. The molecule has 1 N–H and O–H groups in total. The molecule has 1 unspecified atom stereocenters. The summed E-state index contributed by atoms with van der Waals surface area (Å²) in [6.45, 7) is 0.953. The standard InChI is InChI=1S/C21H24Cl2N2O4S/c1-29-18-7-4-15(5-8-18)10-11-24-21(26)16-3-2-12-25(14-16)30(27,28)20-13-17(22)6-9-19(20)23/h4-9,13,16H,2-3,10-12,14H2,1H3,(H,24,26). The number of halogens is 2. The van der Waals surface area contributed by atoms with Crippen molar-refractivity contribution in [2.24, 2.45) is 5.92 Å². The fourth-order valence-electron chi connectivity index (χ4n) is 3.46. The van der Waals surface area contributed by atoms with E-state index in [9.17, 15) is 13.2 Å². The second kappa shape index (κ2) is 10.0. The lowest BCUT2D eigenvalue weighted by Gasteiger charge is -2.31. The number of nitrogens with one attached hydrogen (secondary N) is 1. The molecule has 9 heteroatoms. The highest BCUT2D eigenvalue weighted by molar-refractivity contribution is 7.89. The number of amides is 1. The molecule has 0 bridgehead atoms. The molecule has 0 aromatic heterocycles. The van der Waals surface area contributed by atoms with Crippen molar-refractivity contribution in [3.8, 4) is 5.75 Å². The van der Waals surface area contributed by atoms with Crippen LogP contribution < -0.4 is 10.1 Å². The Bertz CT molecular complexity index is 997. The van der Waals surface area contributed by atoms with Crippen molar-refractivity contribution in [2.75, 3.05) is 26.7 Å². The first-order valence-corrected chi connectivity index (χ1v) is 11.9. The van der Waals surface area contributed by atoms with Gasteiger partial charge in [-0.3, -0.25) is 4.79 Å². The third kappa shape index (κ3) is 5.46. The summed E-state index contributed by atoms with van der Waals surface area (Å²) >= 11 is 12.0. The van der Waals surface area contributed by atoms with E-state index in [0.29, 0.717) is 37.4 Å². The topological polar surface area (TPSA) is 75.7 Å². The lowest BCUT2D eigenvalue weighted by molar-refractivity contribution is -0.126. The van der Waals surface area contributed by atoms with Gasteiger partial charge in [0.25, 0.3) is 0 Å². The van der Waals surface area contributed by atoms with Crippen LogP contribution in [0.25, 0.3) is 0 Å². The summed E-state index contributed by atoms with van der Waals surface area (Å²) < 4.78 is 32.5. The van der Waals surface area contributed by atoms with Crippen LogP contribution in [0.4, 0.5) is 0 Å². The molecule has 1 saturated heterocycles. The summed E-state index contributed by atoms with van der Waals surface area (Å²) in [5, 5.41) is 3.33. The molecule has 1 aliphatic heterocycles. The minimum Gasteiger partial charge on any atom is -0.497 e. The first-order valence-electron chi connectivity index (χ1n) is 9.67. The Morgan fingerprint density at radius 2 is 1.93 bits per heavy atom. The number of hydrogen-bond acceptors (Lipinski definition) is 4. The second-order valence-electron chi connectivity index (χ2n) is 7.17. The maximum atomic E-state index is 13.0. The minimum atomic E-state index is -3.83. The van der Waals surface area contributed by atoms with Gasteiger partial charge in [0, 0.05) is 24.7 Å². The van der Waals surface area contributed by atoms with Crippen molar-refractivity contribution in [3.63, 3.8) is 0 Å². The molecule has 1 aliphatic rings. The molecule has 0 radical (unpaired) electrons. The van der Waals surface area contributed by atoms with Crippen LogP contribution in [0.2, 0.25) is 10.0 Å². The van der Waals surface area contributed by atoms with Crippen LogP contribution in [0.15, 0.2) is 47.4 Å². The van der Waals surface area contributed by atoms with Gasteiger partial charge in [0.1, 0.15) is 10.6 Å². The number of sulfonamides is 1. The van der Waals surface area contributed by atoms with E-state index in [1.54, 1.807) is 7.11 Å². The normalized spacial score (nSPS) is 17.5. The summed E-state index contributed by atoms with van der Waals surface area (Å²) in [6.07, 6.45) is 1.93. The maximum Gasteiger partial charge on any atom is 0.244 e. The molecule has 1 atom stereocenters. The zero-order valence-electron chi connectivity index (χ0n) is 16.6. The number of carbonyl (C=O) groups excluding carboxylic acids is 1. The molecule has 6 nitrogen and oxygen atoms in total. The van der Waals surface area contributed by atoms with Gasteiger partial charge in [-0.1, -0.05) is 35.3 Å². The second-order valence-corrected chi connectivity index (χ2v) is 9.92. The smallest absolute Gasteiger partial charge is 0.244 e. The van der Waals surface area contributed by atoms with Crippen LogP contribution in [0.5, 0.6) is 5.75 Å². The zero-order chi connectivity index (χ0) is 21.7. The predicted octanol–water partition coefficient (Wildman–Crippen LogP) is 3.76. The monoisotopic (exact) mass is 470 g/mol. The summed E-state index contributed by atoms with van der Waals surface area (Å²) in [4.78, 5) is 12.6. The molecule has 3 rings (SSSR count). The summed E-state index contributed by atoms with van der Waals surface area (Å²) in [6, 6.07) is 12.0. The number of benzene rings is 2. The first kappa shape index (κ1) is 22.9. The van der Waals surface area contributed by atoms with E-state index in [2.05, 4.69) is 5.32 Å². The number of hydrogen-bond donors (Lipinski definition) is 1. The van der Waals surface area contributed by atoms with Gasteiger partial charge < -0.3 is 10.1 Å². The molecular formula is C21H24Cl2N2O4S. The fraction of sp³-hybridized carbons (Fsp3) is 0.381. The van der Waals surface area contributed by atoms with Gasteiger partial charge in [-0.25, -0.2) is 8.42 Å². The summed E-state index contributed by atoms with van der Waals surface area (Å²) in [7, 11) is -2.21. The Labute approximate surface area is 187 Å². The SMILES string of the molecule is COc1ccc(CCNC(=O)C2CCCN(S(=O)(=O)c3cc(Cl)ccc3Cl)C2)cc1. The van der Waals surface area contributed by atoms with Crippen molar-refractivity contribution in [1.29, 1.82) is 0 Å². The van der Waals surface area contributed by atoms with Gasteiger partial charge in [0.2, 0.25) is 15.9 Å². The van der Waals surface area contributed by atoms with Crippen molar-refractivity contribution in [1.82, 2.24) is 9.62 Å². The molecule has 162 valence electrons. The highest BCUT2D eigenvalue weighted by Crippen LogP contribution is 2.30. The van der Waals surface area contributed by atoms with Crippen molar-refractivity contribution < 1.29 is 17.9 Å². The van der Waals surface area contributed by atoms with Gasteiger partial charge in [0.05, 0.1) is 18.1 Å². The Kier molecular flexibility index (Phi) is 7.63. The van der Waals surface area contributed by atoms with Gasteiger partial charge in [-0.05, 0) is 55.2 Å². The van der Waals surface area contributed by atoms with E-state index in [1.165, 1.54) is 22.5 Å². The first-order chi connectivity index (χ1) is 14.3. The van der Waals surface area contributed by atoms with Crippen LogP contribution in [-0.4, -0.2) is 45.4 Å². The van der Waals surface area contributed by atoms with Crippen LogP contribution in [-0.2, 0) is 21.2 Å². The Balaban J connectivity index is 1.59. The van der Waals surface area contributed by atoms with E-state index >= 15 is 0 Å². The lowest BCUT2D eigenvalue weighted by Crippen LogP contribution is -2.45. The van der Waals surface area contributed by atoms with Gasteiger partial charge in [-0.15, -0.1) is 0 Å². The Morgan fingerprint density at radius 1 is 1.20 bits per heavy atom. The molecule has 0 spiro atoms. The van der Waals surface area contributed by atoms with Crippen molar-refractivity contribution >= 4 is 39.1 Å². The zero-order valence-corrected chi connectivity index (χ0v) is 18.9. The van der Waals surface area contributed by atoms with Crippen molar-refractivity contribution in [2.45, 2.75) is 24.2 Å².